The van der Waals surface area contributed by atoms with Gasteiger partial charge in [-0.1, -0.05) is 43.3 Å². The molecule has 162 valence electrons. The molecule has 0 aromatic heterocycles. The standard InChI is InChI=1S/C25H28N2O3S/c1-15-8-10-18-21(12-15)31-25-22(18)24(28)26-23(27-25)17-9-11-19(29-2)20(13-17)30-14-16-6-4-3-5-7-16/h3-7,9,11,13,15,22-23,25,27H,8,10,12,14H2,1-2H3,(H,26,28). The number of nitrogens with one attached hydrogen (secondary N) is 2. The zero-order valence-electron chi connectivity index (χ0n) is 17.9. The Morgan fingerprint density at radius 1 is 1.13 bits per heavy atom. The lowest BCUT2D eigenvalue weighted by atomic mass is 9.83. The third-order valence-corrected chi connectivity index (χ3v) is 7.78. The highest BCUT2D eigenvalue weighted by molar-refractivity contribution is 8.04. The van der Waals surface area contributed by atoms with E-state index in [0.29, 0.717) is 24.0 Å². The van der Waals surface area contributed by atoms with Gasteiger partial charge in [-0.2, -0.15) is 0 Å². The van der Waals surface area contributed by atoms with Crippen molar-refractivity contribution in [2.75, 3.05) is 7.11 Å². The average Bonchev–Trinajstić information content (AvgIpc) is 3.16. The number of hydrogen-bond acceptors (Lipinski definition) is 5. The van der Waals surface area contributed by atoms with Gasteiger partial charge in [-0.3, -0.25) is 10.1 Å². The number of ether oxygens (including phenoxy) is 2. The molecule has 2 aromatic rings. The van der Waals surface area contributed by atoms with Gasteiger partial charge in [0.25, 0.3) is 0 Å². The summed E-state index contributed by atoms with van der Waals surface area (Å²) in [6, 6.07) is 15.9. The summed E-state index contributed by atoms with van der Waals surface area (Å²) >= 11 is 1.86. The molecular formula is C25H28N2O3S. The summed E-state index contributed by atoms with van der Waals surface area (Å²) in [5, 5.41) is 6.96. The summed E-state index contributed by atoms with van der Waals surface area (Å²) in [6.07, 6.45) is 3.08. The molecule has 5 nitrogen and oxygen atoms in total. The Labute approximate surface area is 187 Å². The minimum atomic E-state index is -0.245. The maximum atomic E-state index is 13.1. The molecule has 1 saturated heterocycles. The molecule has 5 rings (SSSR count). The number of hydrogen-bond donors (Lipinski definition) is 2. The second-order valence-electron chi connectivity index (χ2n) is 8.61. The summed E-state index contributed by atoms with van der Waals surface area (Å²) in [5.41, 5.74) is 3.42. The monoisotopic (exact) mass is 436 g/mol. The number of benzene rings is 2. The van der Waals surface area contributed by atoms with Crippen molar-refractivity contribution in [3.63, 3.8) is 0 Å². The quantitative estimate of drug-likeness (QED) is 0.708. The maximum Gasteiger partial charge on any atom is 0.231 e. The lowest BCUT2D eigenvalue weighted by molar-refractivity contribution is -0.127. The predicted octanol–water partition coefficient (Wildman–Crippen LogP) is 4.76. The highest BCUT2D eigenvalue weighted by Crippen LogP contribution is 2.51. The Balaban J connectivity index is 1.33. The first kappa shape index (κ1) is 20.5. The minimum Gasteiger partial charge on any atom is -0.493 e. The summed E-state index contributed by atoms with van der Waals surface area (Å²) in [4.78, 5) is 14.5. The second kappa shape index (κ2) is 8.60. The molecule has 2 aliphatic heterocycles. The molecule has 2 N–H and O–H groups in total. The normalized spacial score (nSPS) is 27.4. The van der Waals surface area contributed by atoms with Gasteiger partial charge in [0.15, 0.2) is 11.5 Å². The smallest absolute Gasteiger partial charge is 0.231 e. The van der Waals surface area contributed by atoms with Gasteiger partial charge in [-0.25, -0.2) is 0 Å². The maximum absolute atomic E-state index is 13.1. The van der Waals surface area contributed by atoms with Crippen molar-refractivity contribution in [3.05, 3.63) is 70.1 Å². The Morgan fingerprint density at radius 2 is 1.97 bits per heavy atom. The Kier molecular flexibility index (Phi) is 5.67. The average molecular weight is 437 g/mol. The van der Waals surface area contributed by atoms with Crippen molar-refractivity contribution in [1.29, 1.82) is 0 Å². The van der Waals surface area contributed by atoms with Gasteiger partial charge in [0.05, 0.1) is 18.4 Å². The van der Waals surface area contributed by atoms with E-state index in [1.807, 2.05) is 60.3 Å². The number of allylic oxidation sites excluding steroid dienone is 1. The SMILES string of the molecule is COc1ccc(C2NC(=O)C3C4=C(CC(C)CC4)SC3N2)cc1OCc1ccccc1. The van der Waals surface area contributed by atoms with Crippen molar-refractivity contribution < 1.29 is 14.3 Å². The Bertz CT molecular complexity index is 1010. The fraction of sp³-hybridized carbons (Fsp3) is 0.400. The molecule has 0 radical (unpaired) electrons. The molecule has 4 unspecified atom stereocenters. The van der Waals surface area contributed by atoms with Gasteiger partial charge in [0.2, 0.25) is 5.91 Å². The molecule has 6 heteroatoms. The lowest BCUT2D eigenvalue weighted by Gasteiger charge is -2.35. The summed E-state index contributed by atoms with van der Waals surface area (Å²) in [7, 11) is 1.64. The largest absolute Gasteiger partial charge is 0.493 e. The van der Waals surface area contributed by atoms with E-state index in [1.165, 1.54) is 16.9 Å². The van der Waals surface area contributed by atoms with Crippen LogP contribution < -0.4 is 20.1 Å². The first-order chi connectivity index (χ1) is 15.1. The number of carbonyl (C=O) groups is 1. The summed E-state index contributed by atoms with van der Waals surface area (Å²) in [5.74, 6) is 2.14. The van der Waals surface area contributed by atoms with Crippen molar-refractivity contribution in [2.45, 2.75) is 44.3 Å². The third kappa shape index (κ3) is 4.06. The number of amides is 1. The highest BCUT2D eigenvalue weighted by Gasteiger charge is 2.46. The predicted molar refractivity (Wildman–Crippen MR) is 123 cm³/mol. The van der Waals surface area contributed by atoms with Gasteiger partial charge in [-0.05, 0) is 58.9 Å². The molecule has 3 aliphatic rings. The molecule has 0 bridgehead atoms. The molecule has 31 heavy (non-hydrogen) atoms. The van der Waals surface area contributed by atoms with E-state index >= 15 is 0 Å². The van der Waals surface area contributed by atoms with E-state index in [-0.39, 0.29) is 23.4 Å². The molecule has 1 fully saturated rings. The Hall–Kier alpha value is -2.44. The molecular weight excluding hydrogens is 408 g/mol. The second-order valence-corrected chi connectivity index (χ2v) is 9.84. The van der Waals surface area contributed by atoms with E-state index in [9.17, 15) is 4.79 Å². The van der Waals surface area contributed by atoms with Gasteiger partial charge in [-0.15, -0.1) is 11.8 Å². The van der Waals surface area contributed by atoms with Crippen LogP contribution >= 0.6 is 11.8 Å². The van der Waals surface area contributed by atoms with Crippen LogP contribution in [0, 0.1) is 11.8 Å². The third-order valence-electron chi connectivity index (χ3n) is 6.40. The molecule has 1 aliphatic carbocycles. The number of rotatable bonds is 5. The van der Waals surface area contributed by atoms with Gasteiger partial charge >= 0.3 is 0 Å². The molecule has 2 aromatic carbocycles. The number of methoxy groups -OCH3 is 1. The minimum absolute atomic E-state index is 0.0456. The van der Waals surface area contributed by atoms with Crippen molar-refractivity contribution in [1.82, 2.24) is 10.6 Å². The Morgan fingerprint density at radius 3 is 2.77 bits per heavy atom. The molecule has 4 atom stereocenters. The number of fused-ring (bicyclic) bond motifs is 2. The van der Waals surface area contributed by atoms with Crippen LogP contribution in [0.2, 0.25) is 0 Å². The zero-order valence-corrected chi connectivity index (χ0v) is 18.7. The number of carbonyl (C=O) groups excluding carboxylic acids is 1. The van der Waals surface area contributed by atoms with Crippen LogP contribution in [0.25, 0.3) is 0 Å². The van der Waals surface area contributed by atoms with Crippen LogP contribution in [0.5, 0.6) is 11.5 Å². The van der Waals surface area contributed by atoms with Crippen molar-refractivity contribution in [2.24, 2.45) is 11.8 Å². The van der Waals surface area contributed by atoms with Crippen molar-refractivity contribution >= 4 is 17.7 Å². The zero-order chi connectivity index (χ0) is 21.4. The molecule has 0 spiro atoms. The topological polar surface area (TPSA) is 59.6 Å². The van der Waals surface area contributed by atoms with Crippen LogP contribution in [0.15, 0.2) is 59.0 Å². The van der Waals surface area contributed by atoms with E-state index < -0.39 is 0 Å². The summed E-state index contributed by atoms with van der Waals surface area (Å²) in [6.45, 7) is 2.76. The molecule has 1 amide bonds. The lowest BCUT2D eigenvalue weighted by Crippen LogP contribution is -2.54. The number of thioether (sulfide) groups is 1. The van der Waals surface area contributed by atoms with Gasteiger partial charge in [0.1, 0.15) is 12.8 Å². The van der Waals surface area contributed by atoms with Crippen LogP contribution in [-0.2, 0) is 11.4 Å². The fourth-order valence-electron chi connectivity index (χ4n) is 4.71. The van der Waals surface area contributed by atoms with Crippen molar-refractivity contribution in [3.8, 4) is 11.5 Å². The first-order valence-corrected chi connectivity index (χ1v) is 11.8. The van der Waals surface area contributed by atoms with Gasteiger partial charge in [0, 0.05) is 0 Å². The van der Waals surface area contributed by atoms with E-state index in [2.05, 4.69) is 17.6 Å². The van der Waals surface area contributed by atoms with Crippen LogP contribution in [0.3, 0.4) is 0 Å². The first-order valence-electron chi connectivity index (χ1n) is 10.9. The van der Waals surface area contributed by atoms with Crippen LogP contribution in [0.1, 0.15) is 43.5 Å². The fourth-order valence-corrected chi connectivity index (χ4v) is 6.41. The molecule has 0 saturated carbocycles. The highest BCUT2D eigenvalue weighted by atomic mass is 32.2. The molecule has 2 heterocycles. The van der Waals surface area contributed by atoms with Crippen LogP contribution in [-0.4, -0.2) is 18.4 Å². The van der Waals surface area contributed by atoms with Gasteiger partial charge < -0.3 is 14.8 Å². The van der Waals surface area contributed by atoms with E-state index in [1.54, 1.807) is 7.11 Å². The summed E-state index contributed by atoms with van der Waals surface area (Å²) < 4.78 is 11.6. The van der Waals surface area contributed by atoms with E-state index in [4.69, 9.17) is 9.47 Å². The van der Waals surface area contributed by atoms with E-state index in [0.717, 1.165) is 24.0 Å². The van der Waals surface area contributed by atoms with Crippen LogP contribution in [0.4, 0.5) is 0 Å².